The summed E-state index contributed by atoms with van der Waals surface area (Å²) in [5.41, 5.74) is 0. The first kappa shape index (κ1) is 10.2. The third-order valence-corrected chi connectivity index (χ3v) is 1.93. The highest BCUT2D eigenvalue weighted by Gasteiger charge is 2.28. The van der Waals surface area contributed by atoms with Crippen LogP contribution in [0.1, 0.15) is 12.8 Å². The molecule has 1 heterocycles. The average molecular weight is 190 g/mol. The van der Waals surface area contributed by atoms with E-state index in [9.17, 15) is 4.79 Å². The molecule has 0 aromatic rings. The van der Waals surface area contributed by atoms with Crippen molar-refractivity contribution in [2.75, 3.05) is 13.2 Å². The molecule has 0 aromatic heterocycles. The lowest BCUT2D eigenvalue weighted by Gasteiger charge is -2.10. The summed E-state index contributed by atoms with van der Waals surface area (Å²) >= 11 is 0. The van der Waals surface area contributed by atoms with Gasteiger partial charge in [0.2, 0.25) is 0 Å². The maximum absolute atomic E-state index is 10.8. The number of aliphatic hydroxyl groups excluding tert-OH is 2. The molecule has 1 aliphatic heterocycles. The van der Waals surface area contributed by atoms with Gasteiger partial charge in [0.25, 0.3) is 0 Å². The quantitative estimate of drug-likeness (QED) is 0.383. The van der Waals surface area contributed by atoms with Crippen molar-refractivity contribution in [3.63, 3.8) is 0 Å². The molecule has 0 radical (unpaired) electrons. The van der Waals surface area contributed by atoms with Gasteiger partial charge in [-0.25, -0.2) is 15.6 Å². The SMILES string of the molecule is NN1CC(CCC(O)CO)OC1=O. The molecule has 0 spiro atoms. The van der Waals surface area contributed by atoms with Gasteiger partial charge < -0.3 is 14.9 Å². The number of hydrazine groups is 1. The van der Waals surface area contributed by atoms with E-state index in [1.165, 1.54) is 0 Å². The van der Waals surface area contributed by atoms with Crippen molar-refractivity contribution < 1.29 is 19.7 Å². The van der Waals surface area contributed by atoms with Gasteiger partial charge in [-0.05, 0) is 12.8 Å². The van der Waals surface area contributed by atoms with Crippen LogP contribution >= 0.6 is 0 Å². The predicted octanol–water partition coefficient (Wildman–Crippen LogP) is -1.19. The van der Waals surface area contributed by atoms with Crippen LogP contribution in [0.15, 0.2) is 0 Å². The van der Waals surface area contributed by atoms with Crippen LogP contribution in [0.3, 0.4) is 0 Å². The van der Waals surface area contributed by atoms with Gasteiger partial charge in [0, 0.05) is 0 Å². The third-order valence-electron chi connectivity index (χ3n) is 1.93. The average Bonchev–Trinajstić information content (AvgIpc) is 2.42. The Balaban J connectivity index is 2.20. The van der Waals surface area contributed by atoms with Crippen LogP contribution in [-0.2, 0) is 4.74 Å². The number of ether oxygens (including phenoxy) is 1. The number of cyclic esters (lactones) is 1. The van der Waals surface area contributed by atoms with E-state index in [1.807, 2.05) is 0 Å². The van der Waals surface area contributed by atoms with E-state index in [0.717, 1.165) is 5.01 Å². The van der Waals surface area contributed by atoms with Gasteiger partial charge in [0.1, 0.15) is 6.10 Å². The smallest absolute Gasteiger partial charge is 0.424 e. The van der Waals surface area contributed by atoms with Crippen molar-refractivity contribution in [1.82, 2.24) is 5.01 Å². The van der Waals surface area contributed by atoms with Gasteiger partial charge >= 0.3 is 6.09 Å². The number of carbonyl (C=O) groups is 1. The van der Waals surface area contributed by atoms with Crippen LogP contribution in [-0.4, -0.2) is 46.7 Å². The van der Waals surface area contributed by atoms with Gasteiger partial charge in [-0.15, -0.1) is 0 Å². The van der Waals surface area contributed by atoms with Crippen molar-refractivity contribution in [2.45, 2.75) is 25.0 Å². The summed E-state index contributed by atoms with van der Waals surface area (Å²) in [7, 11) is 0. The van der Waals surface area contributed by atoms with E-state index < -0.39 is 12.2 Å². The van der Waals surface area contributed by atoms with Crippen molar-refractivity contribution in [3.05, 3.63) is 0 Å². The first-order valence-electron chi connectivity index (χ1n) is 4.15. The summed E-state index contributed by atoms with van der Waals surface area (Å²) in [5, 5.41) is 18.5. The molecule has 6 heteroatoms. The molecule has 2 atom stereocenters. The van der Waals surface area contributed by atoms with Gasteiger partial charge in [0.05, 0.1) is 19.3 Å². The van der Waals surface area contributed by atoms with Crippen molar-refractivity contribution in [2.24, 2.45) is 5.84 Å². The highest BCUT2D eigenvalue weighted by Crippen LogP contribution is 2.13. The topological polar surface area (TPSA) is 96.0 Å². The molecule has 76 valence electrons. The standard InChI is InChI=1S/C7H14N2O4/c8-9-3-6(13-7(9)12)2-1-5(11)4-10/h5-6,10-11H,1-4,8H2. The molecule has 6 nitrogen and oxygen atoms in total. The lowest BCUT2D eigenvalue weighted by atomic mass is 10.1. The Bertz CT molecular complexity index is 187. The normalized spacial score (nSPS) is 24.7. The maximum Gasteiger partial charge on any atom is 0.424 e. The Kier molecular flexibility index (Phi) is 3.47. The minimum atomic E-state index is -0.745. The Morgan fingerprint density at radius 3 is 2.92 bits per heavy atom. The third kappa shape index (κ3) is 2.83. The number of rotatable bonds is 4. The second-order valence-corrected chi connectivity index (χ2v) is 3.07. The Morgan fingerprint density at radius 2 is 2.46 bits per heavy atom. The van der Waals surface area contributed by atoms with Crippen LogP contribution in [0.5, 0.6) is 0 Å². The Labute approximate surface area is 75.9 Å². The van der Waals surface area contributed by atoms with Crippen LogP contribution in [0.25, 0.3) is 0 Å². The monoisotopic (exact) mass is 190 g/mol. The molecule has 4 N–H and O–H groups in total. The first-order valence-corrected chi connectivity index (χ1v) is 4.15. The van der Waals surface area contributed by atoms with Crippen molar-refractivity contribution in [3.8, 4) is 0 Å². The summed E-state index contributed by atoms with van der Waals surface area (Å²) < 4.78 is 4.84. The van der Waals surface area contributed by atoms with E-state index in [4.69, 9.17) is 20.8 Å². The highest BCUT2D eigenvalue weighted by molar-refractivity contribution is 5.68. The number of carbonyl (C=O) groups excluding carboxylic acids is 1. The zero-order valence-electron chi connectivity index (χ0n) is 7.22. The predicted molar refractivity (Wildman–Crippen MR) is 43.5 cm³/mol. The molecular weight excluding hydrogens is 176 g/mol. The molecule has 0 bridgehead atoms. The van der Waals surface area contributed by atoms with Gasteiger partial charge in [-0.3, -0.25) is 0 Å². The van der Waals surface area contributed by atoms with Crippen LogP contribution < -0.4 is 5.84 Å². The van der Waals surface area contributed by atoms with Crippen LogP contribution in [0.4, 0.5) is 4.79 Å². The number of hydrogen-bond donors (Lipinski definition) is 3. The van der Waals surface area contributed by atoms with E-state index in [2.05, 4.69) is 0 Å². The minimum Gasteiger partial charge on any atom is -0.443 e. The minimum absolute atomic E-state index is 0.265. The van der Waals surface area contributed by atoms with E-state index in [0.29, 0.717) is 19.4 Å². The second kappa shape index (κ2) is 4.40. The van der Waals surface area contributed by atoms with E-state index in [-0.39, 0.29) is 12.7 Å². The summed E-state index contributed by atoms with van der Waals surface area (Å²) in [4.78, 5) is 10.8. The van der Waals surface area contributed by atoms with Gasteiger partial charge in [-0.2, -0.15) is 0 Å². The molecule has 0 aliphatic carbocycles. The zero-order valence-corrected chi connectivity index (χ0v) is 7.22. The number of hydrogen-bond acceptors (Lipinski definition) is 5. The molecule has 1 amide bonds. The summed E-state index contributed by atoms with van der Waals surface area (Å²) in [5.74, 6) is 5.25. The summed E-state index contributed by atoms with van der Waals surface area (Å²) in [6.07, 6.45) is -0.628. The highest BCUT2D eigenvalue weighted by atomic mass is 16.6. The second-order valence-electron chi connectivity index (χ2n) is 3.07. The summed E-state index contributed by atoms with van der Waals surface area (Å²) in [6, 6.07) is 0. The first-order chi connectivity index (χ1) is 6.13. The summed E-state index contributed by atoms with van der Waals surface area (Å²) in [6.45, 7) is 0.0734. The molecule has 2 unspecified atom stereocenters. The van der Waals surface area contributed by atoms with Crippen molar-refractivity contribution >= 4 is 6.09 Å². The Morgan fingerprint density at radius 1 is 1.77 bits per heavy atom. The Hall–Kier alpha value is -0.850. The van der Waals surface area contributed by atoms with Crippen LogP contribution in [0.2, 0.25) is 0 Å². The molecule has 13 heavy (non-hydrogen) atoms. The maximum atomic E-state index is 10.8. The fourth-order valence-electron chi connectivity index (χ4n) is 1.16. The molecule has 1 aliphatic rings. The zero-order chi connectivity index (χ0) is 9.84. The molecule has 1 rings (SSSR count). The largest absolute Gasteiger partial charge is 0.443 e. The van der Waals surface area contributed by atoms with Gasteiger partial charge in [0.15, 0.2) is 0 Å². The lowest BCUT2D eigenvalue weighted by Crippen LogP contribution is -2.32. The number of nitrogens with zero attached hydrogens (tertiary/aromatic N) is 1. The fourth-order valence-corrected chi connectivity index (χ4v) is 1.16. The molecule has 1 saturated heterocycles. The van der Waals surface area contributed by atoms with Crippen LogP contribution in [0, 0.1) is 0 Å². The molecular formula is C7H14N2O4. The molecule has 0 saturated carbocycles. The number of aliphatic hydroxyl groups is 2. The van der Waals surface area contributed by atoms with Crippen molar-refractivity contribution in [1.29, 1.82) is 0 Å². The van der Waals surface area contributed by atoms with Gasteiger partial charge in [-0.1, -0.05) is 0 Å². The fraction of sp³-hybridized carbons (Fsp3) is 0.857. The number of nitrogens with two attached hydrogens (primary N) is 1. The molecule has 1 fully saturated rings. The van der Waals surface area contributed by atoms with E-state index >= 15 is 0 Å². The number of amides is 1. The lowest BCUT2D eigenvalue weighted by molar-refractivity contribution is 0.0704. The molecule has 0 aromatic carbocycles. The van der Waals surface area contributed by atoms with E-state index in [1.54, 1.807) is 0 Å².